The van der Waals surface area contributed by atoms with E-state index < -0.39 is 15.8 Å². The van der Waals surface area contributed by atoms with Crippen molar-refractivity contribution in [1.29, 1.82) is 0 Å². The molecule has 4 rings (SSSR count). The largest absolute Gasteiger partial charge is 0.322 e. The predicted octanol–water partition coefficient (Wildman–Crippen LogP) is 5.12. The normalized spacial score (nSPS) is 14.5. The van der Waals surface area contributed by atoms with Crippen molar-refractivity contribution in [2.24, 2.45) is 0 Å². The van der Waals surface area contributed by atoms with Crippen LogP contribution in [0.2, 0.25) is 0 Å². The standard InChI is InChI=1S/C26H27FN2O3S/c1-26(2,3)21-7-4-19(5-8-21)25(30)28-23-11-6-18-14-15-29(17-20(18)16-23)33(31,32)24-12-9-22(27)10-13-24/h4-13,16H,14-15,17H2,1-3H3,(H,28,30). The molecule has 33 heavy (non-hydrogen) atoms. The van der Waals surface area contributed by atoms with Gasteiger partial charge in [0.05, 0.1) is 4.90 Å². The Balaban J connectivity index is 1.51. The van der Waals surface area contributed by atoms with Crippen LogP contribution in [0.25, 0.3) is 0 Å². The second-order valence-corrected chi connectivity index (χ2v) is 11.2. The van der Waals surface area contributed by atoms with Crippen molar-refractivity contribution in [1.82, 2.24) is 4.31 Å². The Kier molecular flexibility index (Phi) is 6.12. The first kappa shape index (κ1) is 23.1. The molecule has 5 nitrogen and oxygen atoms in total. The number of nitrogens with one attached hydrogen (secondary N) is 1. The summed E-state index contributed by atoms with van der Waals surface area (Å²) >= 11 is 0. The number of hydrogen-bond acceptors (Lipinski definition) is 3. The van der Waals surface area contributed by atoms with Crippen LogP contribution in [-0.4, -0.2) is 25.2 Å². The smallest absolute Gasteiger partial charge is 0.255 e. The van der Waals surface area contributed by atoms with Crippen molar-refractivity contribution < 1.29 is 17.6 Å². The van der Waals surface area contributed by atoms with Gasteiger partial charge in [0.2, 0.25) is 10.0 Å². The highest BCUT2D eigenvalue weighted by Crippen LogP contribution is 2.28. The summed E-state index contributed by atoms with van der Waals surface area (Å²) < 4.78 is 40.6. The topological polar surface area (TPSA) is 66.5 Å². The molecule has 1 heterocycles. The van der Waals surface area contributed by atoms with Gasteiger partial charge >= 0.3 is 0 Å². The summed E-state index contributed by atoms with van der Waals surface area (Å²) in [7, 11) is -3.74. The van der Waals surface area contributed by atoms with E-state index in [0.29, 0.717) is 24.2 Å². The molecule has 0 atom stereocenters. The number of amides is 1. The van der Waals surface area contributed by atoms with E-state index in [4.69, 9.17) is 0 Å². The Labute approximate surface area is 194 Å². The molecule has 0 aromatic heterocycles. The maximum absolute atomic E-state index is 13.2. The zero-order valence-corrected chi connectivity index (χ0v) is 19.7. The van der Waals surface area contributed by atoms with E-state index in [0.717, 1.165) is 28.8 Å². The first-order valence-corrected chi connectivity index (χ1v) is 12.3. The third kappa shape index (κ3) is 4.99. The summed E-state index contributed by atoms with van der Waals surface area (Å²) in [6, 6.07) is 18.0. The minimum atomic E-state index is -3.74. The highest BCUT2D eigenvalue weighted by atomic mass is 32.2. The van der Waals surface area contributed by atoms with Gasteiger partial charge in [-0.15, -0.1) is 0 Å². The van der Waals surface area contributed by atoms with Crippen molar-refractivity contribution in [3.63, 3.8) is 0 Å². The van der Waals surface area contributed by atoms with Crippen LogP contribution in [0.4, 0.5) is 10.1 Å². The van der Waals surface area contributed by atoms with Crippen molar-refractivity contribution in [2.75, 3.05) is 11.9 Å². The van der Waals surface area contributed by atoms with Gasteiger partial charge in [0.25, 0.3) is 5.91 Å². The SMILES string of the molecule is CC(C)(C)c1ccc(C(=O)Nc2ccc3c(c2)CN(S(=O)(=O)c2ccc(F)cc2)CC3)cc1. The summed E-state index contributed by atoms with van der Waals surface area (Å²) in [6.45, 7) is 6.90. The van der Waals surface area contributed by atoms with Gasteiger partial charge in [0.1, 0.15) is 5.82 Å². The summed E-state index contributed by atoms with van der Waals surface area (Å²) in [5.41, 5.74) is 4.21. The zero-order valence-electron chi connectivity index (χ0n) is 18.9. The second kappa shape index (κ2) is 8.72. The number of benzene rings is 3. The van der Waals surface area contributed by atoms with E-state index in [1.165, 1.54) is 16.4 Å². The average Bonchev–Trinajstić information content (AvgIpc) is 2.78. The molecule has 0 aliphatic carbocycles. The lowest BCUT2D eigenvalue weighted by Gasteiger charge is -2.28. The lowest BCUT2D eigenvalue weighted by atomic mass is 9.87. The number of halogens is 1. The lowest BCUT2D eigenvalue weighted by molar-refractivity contribution is 0.102. The zero-order chi connectivity index (χ0) is 23.8. The fourth-order valence-electron chi connectivity index (χ4n) is 3.89. The number of rotatable bonds is 4. The Morgan fingerprint density at radius 1 is 0.939 bits per heavy atom. The number of nitrogens with zero attached hydrogens (tertiary/aromatic N) is 1. The predicted molar refractivity (Wildman–Crippen MR) is 127 cm³/mol. The Morgan fingerprint density at radius 3 is 2.24 bits per heavy atom. The average molecular weight is 467 g/mol. The summed E-state index contributed by atoms with van der Waals surface area (Å²) in [4.78, 5) is 12.8. The van der Waals surface area contributed by atoms with Gasteiger partial charge in [0.15, 0.2) is 0 Å². The van der Waals surface area contributed by atoms with Gasteiger partial charge in [-0.1, -0.05) is 39.0 Å². The molecular weight excluding hydrogens is 439 g/mol. The van der Waals surface area contributed by atoms with Crippen LogP contribution in [0, 0.1) is 5.82 Å². The van der Waals surface area contributed by atoms with Gasteiger partial charge in [-0.05, 0) is 77.1 Å². The van der Waals surface area contributed by atoms with Crippen molar-refractivity contribution in [2.45, 2.75) is 44.0 Å². The van der Waals surface area contributed by atoms with Gasteiger partial charge in [0, 0.05) is 24.3 Å². The highest BCUT2D eigenvalue weighted by molar-refractivity contribution is 7.89. The van der Waals surface area contributed by atoms with Gasteiger partial charge in [-0.25, -0.2) is 12.8 Å². The highest BCUT2D eigenvalue weighted by Gasteiger charge is 2.28. The van der Waals surface area contributed by atoms with Crippen LogP contribution in [0.3, 0.4) is 0 Å². The fraction of sp³-hybridized carbons (Fsp3) is 0.269. The summed E-state index contributed by atoms with van der Waals surface area (Å²) in [5, 5.41) is 2.91. The molecule has 3 aromatic rings. The van der Waals surface area contributed by atoms with E-state index in [9.17, 15) is 17.6 Å². The molecule has 1 aliphatic rings. The molecule has 0 bridgehead atoms. The molecule has 7 heteroatoms. The van der Waals surface area contributed by atoms with E-state index in [1.807, 2.05) is 42.5 Å². The number of hydrogen-bond donors (Lipinski definition) is 1. The molecule has 0 saturated heterocycles. The van der Waals surface area contributed by atoms with Crippen molar-refractivity contribution in [3.05, 3.63) is 94.8 Å². The summed E-state index contributed by atoms with van der Waals surface area (Å²) in [6.07, 6.45) is 0.568. The van der Waals surface area contributed by atoms with E-state index in [2.05, 4.69) is 26.1 Å². The van der Waals surface area contributed by atoms with Crippen LogP contribution in [-0.2, 0) is 28.4 Å². The molecule has 0 spiro atoms. The molecular formula is C26H27FN2O3S. The molecule has 1 amide bonds. The van der Waals surface area contributed by atoms with Crippen LogP contribution in [0.5, 0.6) is 0 Å². The van der Waals surface area contributed by atoms with Crippen LogP contribution in [0.1, 0.15) is 47.8 Å². The molecule has 3 aromatic carbocycles. The monoisotopic (exact) mass is 466 g/mol. The van der Waals surface area contributed by atoms with E-state index >= 15 is 0 Å². The molecule has 0 saturated carbocycles. The first-order chi connectivity index (χ1) is 15.5. The first-order valence-electron chi connectivity index (χ1n) is 10.8. The van der Waals surface area contributed by atoms with E-state index in [1.54, 1.807) is 0 Å². The number of anilines is 1. The van der Waals surface area contributed by atoms with Gasteiger partial charge in [-0.2, -0.15) is 4.31 Å². The fourth-order valence-corrected chi connectivity index (χ4v) is 5.31. The Morgan fingerprint density at radius 2 is 1.61 bits per heavy atom. The second-order valence-electron chi connectivity index (χ2n) is 9.31. The lowest BCUT2D eigenvalue weighted by Crippen LogP contribution is -2.36. The van der Waals surface area contributed by atoms with E-state index in [-0.39, 0.29) is 22.8 Å². The molecule has 1 aliphatic heterocycles. The number of carbonyl (C=O) groups is 1. The van der Waals surface area contributed by atoms with Crippen LogP contribution >= 0.6 is 0 Å². The number of carbonyl (C=O) groups excluding carboxylic acids is 1. The molecule has 0 radical (unpaired) electrons. The maximum Gasteiger partial charge on any atom is 0.255 e. The van der Waals surface area contributed by atoms with Crippen molar-refractivity contribution >= 4 is 21.6 Å². The van der Waals surface area contributed by atoms with Crippen molar-refractivity contribution in [3.8, 4) is 0 Å². The molecule has 0 fully saturated rings. The minimum absolute atomic E-state index is 0.00756. The Hall–Kier alpha value is -3.03. The van der Waals surface area contributed by atoms with Gasteiger partial charge < -0.3 is 5.32 Å². The quantitative estimate of drug-likeness (QED) is 0.580. The molecule has 0 unspecified atom stereocenters. The third-order valence-corrected chi connectivity index (χ3v) is 7.77. The van der Waals surface area contributed by atoms with Crippen LogP contribution < -0.4 is 5.32 Å². The maximum atomic E-state index is 13.2. The molecule has 172 valence electrons. The number of sulfonamides is 1. The Bertz CT molecular complexity index is 1280. The molecule has 1 N–H and O–H groups in total. The third-order valence-electron chi connectivity index (χ3n) is 5.91. The number of fused-ring (bicyclic) bond motifs is 1. The van der Waals surface area contributed by atoms with Gasteiger partial charge in [-0.3, -0.25) is 4.79 Å². The van der Waals surface area contributed by atoms with Crippen LogP contribution in [0.15, 0.2) is 71.6 Å². The minimum Gasteiger partial charge on any atom is -0.322 e. The summed E-state index contributed by atoms with van der Waals surface area (Å²) in [5.74, 6) is -0.701.